The summed E-state index contributed by atoms with van der Waals surface area (Å²) in [6, 6.07) is 5.36. The number of carbonyl (C=O) groups excluding carboxylic acids is 3. The quantitative estimate of drug-likeness (QED) is 0.620. The van der Waals surface area contributed by atoms with Crippen molar-refractivity contribution in [2.45, 2.75) is 13.5 Å². The van der Waals surface area contributed by atoms with Gasteiger partial charge in [0.05, 0.1) is 11.9 Å². The van der Waals surface area contributed by atoms with E-state index in [9.17, 15) is 14.4 Å². The number of nitrogens with one attached hydrogen (secondary N) is 2. The molecule has 2 aromatic heterocycles. The van der Waals surface area contributed by atoms with E-state index in [4.69, 9.17) is 0 Å². The van der Waals surface area contributed by atoms with Crippen LogP contribution in [0.15, 0.2) is 24.4 Å². The van der Waals surface area contributed by atoms with Crippen LogP contribution in [0.2, 0.25) is 0 Å². The molecule has 2 aliphatic rings. The number of nitrogens with zero attached hydrogens (tertiary/aromatic N) is 4. The molecular weight excluding hydrogens is 428 g/mol. The second-order valence-electron chi connectivity index (χ2n) is 8.54. The van der Waals surface area contributed by atoms with Crippen LogP contribution in [0.4, 0.5) is 15.5 Å². The van der Waals surface area contributed by atoms with Crippen molar-refractivity contribution in [2.24, 2.45) is 5.41 Å². The van der Waals surface area contributed by atoms with Gasteiger partial charge >= 0.3 is 6.03 Å². The number of aromatic nitrogens is 1. The summed E-state index contributed by atoms with van der Waals surface area (Å²) in [6.07, 6.45) is 2.55. The third-order valence-electron chi connectivity index (χ3n) is 6.10. The maximum atomic E-state index is 12.1. The Bertz CT molecular complexity index is 1010. The third-order valence-corrected chi connectivity index (χ3v) is 7.15. The van der Waals surface area contributed by atoms with Gasteiger partial charge in [-0.2, -0.15) is 0 Å². The van der Waals surface area contributed by atoms with Crippen LogP contribution in [0.25, 0.3) is 0 Å². The van der Waals surface area contributed by atoms with E-state index in [1.165, 1.54) is 11.3 Å². The molecule has 0 unspecified atom stereocenters. The molecule has 4 rings (SSSR count). The number of amides is 3. The molecular formula is C22H28N6O3S. The van der Waals surface area contributed by atoms with Crippen LogP contribution in [0, 0.1) is 5.41 Å². The number of aldehydes is 1. The zero-order valence-corrected chi connectivity index (χ0v) is 19.4. The molecule has 0 atom stereocenters. The van der Waals surface area contributed by atoms with Crippen LogP contribution < -0.4 is 15.5 Å². The summed E-state index contributed by atoms with van der Waals surface area (Å²) < 4.78 is 0. The number of hydrogen-bond donors (Lipinski definition) is 2. The van der Waals surface area contributed by atoms with E-state index in [0.29, 0.717) is 28.2 Å². The number of pyridine rings is 1. The predicted octanol–water partition coefficient (Wildman–Crippen LogP) is 2.12. The minimum absolute atomic E-state index is 0.183. The first-order valence-corrected chi connectivity index (χ1v) is 11.4. The zero-order valence-electron chi connectivity index (χ0n) is 18.6. The Kier molecular flexibility index (Phi) is 6.16. The van der Waals surface area contributed by atoms with Crippen molar-refractivity contribution < 1.29 is 14.4 Å². The molecule has 0 saturated carbocycles. The molecule has 0 aromatic carbocycles. The van der Waals surface area contributed by atoms with Crippen molar-refractivity contribution in [3.63, 3.8) is 0 Å². The number of carbonyl (C=O) groups is 3. The minimum atomic E-state index is -0.209. The molecule has 0 radical (unpaired) electrons. The molecule has 0 aliphatic carbocycles. The SMILES string of the molecule is CCN(C)C(=O)Nc1sc(CN2CC3(C2)CN(c2ccc(C(=O)NC)nc2)C3)cc1C=O. The maximum Gasteiger partial charge on any atom is 0.322 e. The van der Waals surface area contributed by atoms with Gasteiger partial charge in [0, 0.05) is 69.2 Å². The van der Waals surface area contributed by atoms with Gasteiger partial charge in [-0.05, 0) is 25.1 Å². The van der Waals surface area contributed by atoms with E-state index in [0.717, 1.165) is 49.6 Å². The topological polar surface area (TPSA) is 97.9 Å². The number of likely N-dealkylation sites (tertiary alicyclic amines) is 1. The lowest BCUT2D eigenvalue weighted by Crippen LogP contribution is -2.71. The van der Waals surface area contributed by atoms with E-state index in [2.05, 4.69) is 25.4 Å². The summed E-state index contributed by atoms with van der Waals surface area (Å²) in [5.41, 5.74) is 2.28. The second kappa shape index (κ2) is 8.87. The molecule has 9 nitrogen and oxygen atoms in total. The van der Waals surface area contributed by atoms with Crippen LogP contribution in [-0.2, 0) is 6.54 Å². The van der Waals surface area contributed by atoms with E-state index in [1.54, 1.807) is 31.3 Å². The molecule has 1 spiro atoms. The summed E-state index contributed by atoms with van der Waals surface area (Å²) in [5.74, 6) is -0.183. The lowest BCUT2D eigenvalue weighted by Gasteiger charge is -2.61. The van der Waals surface area contributed by atoms with Gasteiger partial charge < -0.3 is 15.1 Å². The van der Waals surface area contributed by atoms with Crippen molar-refractivity contribution >= 4 is 40.2 Å². The molecule has 170 valence electrons. The average Bonchev–Trinajstić information content (AvgIpc) is 3.14. The highest BCUT2D eigenvalue weighted by Crippen LogP contribution is 2.43. The van der Waals surface area contributed by atoms with Gasteiger partial charge in [0.2, 0.25) is 0 Å². The smallest absolute Gasteiger partial charge is 0.322 e. The number of urea groups is 1. The van der Waals surface area contributed by atoms with E-state index in [-0.39, 0.29) is 11.9 Å². The third kappa shape index (κ3) is 4.33. The monoisotopic (exact) mass is 456 g/mol. The highest BCUT2D eigenvalue weighted by Gasteiger charge is 2.51. The predicted molar refractivity (Wildman–Crippen MR) is 125 cm³/mol. The summed E-state index contributed by atoms with van der Waals surface area (Å²) in [5, 5.41) is 6.02. The highest BCUT2D eigenvalue weighted by atomic mass is 32.1. The van der Waals surface area contributed by atoms with E-state index in [1.807, 2.05) is 19.1 Å². The van der Waals surface area contributed by atoms with Gasteiger partial charge in [-0.25, -0.2) is 9.78 Å². The Morgan fingerprint density at radius 3 is 2.62 bits per heavy atom. The molecule has 2 aliphatic heterocycles. The summed E-state index contributed by atoms with van der Waals surface area (Å²) in [4.78, 5) is 46.7. The molecule has 10 heteroatoms. The fourth-order valence-corrected chi connectivity index (χ4v) is 5.33. The first-order chi connectivity index (χ1) is 15.4. The highest BCUT2D eigenvalue weighted by molar-refractivity contribution is 7.16. The molecule has 32 heavy (non-hydrogen) atoms. The van der Waals surface area contributed by atoms with Gasteiger partial charge in [-0.1, -0.05) is 0 Å². The van der Waals surface area contributed by atoms with Gasteiger partial charge in [-0.3, -0.25) is 19.8 Å². The fraction of sp³-hybridized carbons (Fsp3) is 0.455. The number of thiophene rings is 1. The Morgan fingerprint density at radius 1 is 1.28 bits per heavy atom. The molecule has 3 amide bonds. The molecule has 2 saturated heterocycles. The van der Waals surface area contributed by atoms with Crippen molar-refractivity contribution in [2.75, 3.05) is 57.0 Å². The Morgan fingerprint density at radius 2 is 2.03 bits per heavy atom. The first-order valence-electron chi connectivity index (χ1n) is 10.6. The van der Waals surface area contributed by atoms with Crippen molar-refractivity contribution in [3.8, 4) is 0 Å². The lowest BCUT2D eigenvalue weighted by atomic mass is 9.72. The summed E-state index contributed by atoms with van der Waals surface area (Å²) >= 11 is 1.46. The van der Waals surface area contributed by atoms with Crippen LogP contribution in [0.1, 0.15) is 32.6 Å². The first kappa shape index (κ1) is 22.2. The average molecular weight is 457 g/mol. The largest absolute Gasteiger partial charge is 0.369 e. The Balaban J connectivity index is 1.28. The molecule has 2 fully saturated rings. The summed E-state index contributed by atoms with van der Waals surface area (Å²) in [7, 11) is 3.31. The Labute approximate surface area is 191 Å². The molecule has 4 heterocycles. The van der Waals surface area contributed by atoms with Crippen LogP contribution in [0.3, 0.4) is 0 Å². The van der Waals surface area contributed by atoms with E-state index < -0.39 is 0 Å². The van der Waals surface area contributed by atoms with Crippen LogP contribution >= 0.6 is 11.3 Å². The van der Waals surface area contributed by atoms with Gasteiger partial charge in [0.15, 0.2) is 6.29 Å². The maximum absolute atomic E-state index is 12.1. The molecule has 0 bridgehead atoms. The molecule has 2 N–H and O–H groups in total. The minimum Gasteiger partial charge on any atom is -0.369 e. The van der Waals surface area contributed by atoms with Crippen LogP contribution in [-0.4, -0.2) is 79.8 Å². The second-order valence-corrected chi connectivity index (χ2v) is 9.68. The fourth-order valence-electron chi connectivity index (χ4n) is 4.27. The standard InChI is InChI=1S/C22H28N6O3S/c1-4-26(3)21(31)25-20-15(10-29)7-17(32-20)9-27-11-22(12-27)13-28(14-22)16-5-6-18(24-8-16)19(30)23-2/h5-8,10H,4,9,11-14H2,1-3H3,(H,23,30)(H,25,31). The van der Waals surface area contributed by atoms with E-state index >= 15 is 0 Å². The van der Waals surface area contributed by atoms with Crippen molar-refractivity contribution in [1.29, 1.82) is 0 Å². The van der Waals surface area contributed by atoms with Gasteiger partial charge in [0.1, 0.15) is 10.7 Å². The molecule has 2 aromatic rings. The van der Waals surface area contributed by atoms with Crippen LogP contribution in [0.5, 0.6) is 0 Å². The van der Waals surface area contributed by atoms with Crippen molar-refractivity contribution in [1.82, 2.24) is 20.1 Å². The normalized spacial score (nSPS) is 16.8. The van der Waals surface area contributed by atoms with Crippen molar-refractivity contribution in [3.05, 3.63) is 40.5 Å². The number of hydrogen-bond acceptors (Lipinski definition) is 7. The number of anilines is 2. The van der Waals surface area contributed by atoms with Gasteiger partial charge in [0.25, 0.3) is 5.91 Å². The Hall–Kier alpha value is -2.98. The lowest BCUT2D eigenvalue weighted by molar-refractivity contribution is -0.0267. The van der Waals surface area contributed by atoms with Gasteiger partial charge in [-0.15, -0.1) is 11.3 Å². The zero-order chi connectivity index (χ0) is 22.9. The number of rotatable bonds is 7. The summed E-state index contributed by atoms with van der Waals surface area (Å²) in [6.45, 7) is 7.22.